The van der Waals surface area contributed by atoms with Gasteiger partial charge in [-0.05, 0) is 44.4 Å². The zero-order chi connectivity index (χ0) is 19.4. The van der Waals surface area contributed by atoms with E-state index >= 15 is 0 Å². The molecule has 7 heteroatoms. The number of hydrogen-bond acceptors (Lipinski definition) is 6. The van der Waals surface area contributed by atoms with Crippen LogP contribution in [0, 0.1) is 0 Å². The average Bonchev–Trinajstić information content (AvgIpc) is 3.28. The number of esters is 2. The first-order valence-corrected chi connectivity index (χ1v) is 9.29. The largest absolute Gasteiger partial charge is 0.457 e. The molecule has 0 unspecified atom stereocenters. The Morgan fingerprint density at radius 2 is 1.85 bits per heavy atom. The molecule has 0 amide bonds. The van der Waals surface area contributed by atoms with E-state index in [0.29, 0.717) is 11.3 Å². The van der Waals surface area contributed by atoms with Crippen LogP contribution in [0.1, 0.15) is 31.1 Å². The number of aromatic nitrogens is 2. The highest BCUT2D eigenvalue weighted by Gasteiger charge is 2.23. The molecule has 0 N–H and O–H groups in total. The maximum atomic E-state index is 12.6. The lowest BCUT2D eigenvalue weighted by molar-refractivity contribution is -0.158. The number of carbonyl (C=O) groups is 2. The van der Waals surface area contributed by atoms with Crippen LogP contribution in [-0.4, -0.2) is 33.9 Å². The molecule has 0 bridgehead atoms. The second-order valence-corrected chi connectivity index (χ2v) is 7.76. The highest BCUT2D eigenvalue weighted by Crippen LogP contribution is 2.28. The molecule has 2 heterocycles. The topological polar surface area (TPSA) is 70.4 Å². The molecule has 0 aliphatic heterocycles. The Hall–Kier alpha value is -2.93. The van der Waals surface area contributed by atoms with Crippen molar-refractivity contribution in [3.63, 3.8) is 0 Å². The Labute approximate surface area is 161 Å². The SMILES string of the molecule is CC(C)(C)OC(=O)COC(=O)c1cn(-c2ccccc2)nc1-c1cccs1. The van der Waals surface area contributed by atoms with Crippen molar-refractivity contribution in [1.29, 1.82) is 0 Å². The Bertz CT molecular complexity index is 925. The molecule has 140 valence electrons. The van der Waals surface area contributed by atoms with Crippen molar-refractivity contribution < 1.29 is 19.1 Å². The molecular weight excluding hydrogens is 364 g/mol. The molecule has 0 spiro atoms. The Kier molecular flexibility index (Phi) is 5.41. The fourth-order valence-corrected chi connectivity index (χ4v) is 3.13. The summed E-state index contributed by atoms with van der Waals surface area (Å²) in [4.78, 5) is 25.3. The maximum Gasteiger partial charge on any atom is 0.344 e. The first-order valence-electron chi connectivity index (χ1n) is 8.41. The number of hydrogen-bond donors (Lipinski definition) is 0. The van der Waals surface area contributed by atoms with Gasteiger partial charge in [-0.1, -0.05) is 24.3 Å². The first-order chi connectivity index (χ1) is 12.8. The zero-order valence-electron chi connectivity index (χ0n) is 15.3. The van der Waals surface area contributed by atoms with Crippen molar-refractivity contribution >= 4 is 23.3 Å². The fourth-order valence-electron chi connectivity index (χ4n) is 2.40. The zero-order valence-corrected chi connectivity index (χ0v) is 16.2. The summed E-state index contributed by atoms with van der Waals surface area (Å²) in [6.45, 7) is 4.82. The van der Waals surface area contributed by atoms with Gasteiger partial charge in [0.15, 0.2) is 6.61 Å². The minimum Gasteiger partial charge on any atom is -0.457 e. The van der Waals surface area contributed by atoms with Crippen molar-refractivity contribution in [2.45, 2.75) is 26.4 Å². The molecule has 3 aromatic rings. The van der Waals surface area contributed by atoms with E-state index in [0.717, 1.165) is 10.6 Å². The predicted octanol–water partition coefficient (Wildman–Crippen LogP) is 4.10. The first kappa shape index (κ1) is 18.8. The van der Waals surface area contributed by atoms with Gasteiger partial charge in [-0.2, -0.15) is 5.10 Å². The van der Waals surface area contributed by atoms with Crippen LogP contribution in [0.3, 0.4) is 0 Å². The van der Waals surface area contributed by atoms with E-state index in [4.69, 9.17) is 9.47 Å². The standard InChI is InChI=1S/C20H20N2O4S/c1-20(2,3)26-17(23)13-25-19(24)15-12-22(14-8-5-4-6-9-14)21-18(15)16-10-7-11-27-16/h4-12H,13H2,1-3H3. The van der Waals surface area contributed by atoms with Gasteiger partial charge in [0.25, 0.3) is 0 Å². The Balaban J connectivity index is 1.84. The monoisotopic (exact) mass is 384 g/mol. The molecule has 0 aliphatic rings. The third kappa shape index (κ3) is 4.83. The van der Waals surface area contributed by atoms with Crippen LogP contribution in [0.15, 0.2) is 54.0 Å². The molecule has 0 saturated heterocycles. The lowest BCUT2D eigenvalue weighted by Crippen LogP contribution is -2.27. The van der Waals surface area contributed by atoms with E-state index in [1.54, 1.807) is 31.6 Å². The minimum atomic E-state index is -0.635. The van der Waals surface area contributed by atoms with E-state index in [1.165, 1.54) is 11.3 Å². The van der Waals surface area contributed by atoms with Crippen LogP contribution in [-0.2, 0) is 14.3 Å². The molecular formula is C20H20N2O4S. The summed E-state index contributed by atoms with van der Waals surface area (Å²) in [5.41, 5.74) is 0.999. The number of thiophene rings is 1. The Morgan fingerprint density at radius 3 is 2.48 bits per heavy atom. The van der Waals surface area contributed by atoms with Gasteiger partial charge >= 0.3 is 11.9 Å². The van der Waals surface area contributed by atoms with E-state index in [9.17, 15) is 9.59 Å². The summed E-state index contributed by atoms with van der Waals surface area (Å²) >= 11 is 1.47. The van der Waals surface area contributed by atoms with Gasteiger partial charge < -0.3 is 9.47 Å². The van der Waals surface area contributed by atoms with Crippen LogP contribution >= 0.6 is 11.3 Å². The van der Waals surface area contributed by atoms with Gasteiger partial charge in [0.2, 0.25) is 0 Å². The maximum absolute atomic E-state index is 12.6. The van der Waals surface area contributed by atoms with Gasteiger partial charge in [0.1, 0.15) is 16.9 Å². The van der Waals surface area contributed by atoms with Gasteiger partial charge in [0.05, 0.1) is 10.6 Å². The van der Waals surface area contributed by atoms with Gasteiger partial charge in [0, 0.05) is 6.20 Å². The third-order valence-electron chi connectivity index (χ3n) is 3.45. The number of benzene rings is 1. The Morgan fingerprint density at radius 1 is 1.11 bits per heavy atom. The molecule has 1 aromatic carbocycles. The lowest BCUT2D eigenvalue weighted by Gasteiger charge is -2.19. The second kappa shape index (κ2) is 7.75. The molecule has 2 aromatic heterocycles. The lowest BCUT2D eigenvalue weighted by atomic mass is 10.2. The fraction of sp³-hybridized carbons (Fsp3) is 0.250. The van der Waals surface area contributed by atoms with Crippen molar-refractivity contribution in [3.05, 3.63) is 59.6 Å². The molecule has 0 atom stereocenters. The van der Waals surface area contributed by atoms with Crippen LogP contribution in [0.25, 0.3) is 16.3 Å². The number of carbonyl (C=O) groups excluding carboxylic acids is 2. The van der Waals surface area contributed by atoms with E-state index in [1.807, 2.05) is 47.8 Å². The van der Waals surface area contributed by atoms with Crippen molar-refractivity contribution in [2.24, 2.45) is 0 Å². The van der Waals surface area contributed by atoms with E-state index < -0.39 is 24.1 Å². The summed E-state index contributed by atoms with van der Waals surface area (Å²) in [6, 6.07) is 13.2. The molecule has 0 radical (unpaired) electrons. The van der Waals surface area contributed by atoms with Crippen LogP contribution in [0.4, 0.5) is 0 Å². The highest BCUT2D eigenvalue weighted by molar-refractivity contribution is 7.13. The number of para-hydroxylation sites is 1. The molecule has 0 fully saturated rings. The second-order valence-electron chi connectivity index (χ2n) is 6.81. The number of nitrogens with zero attached hydrogens (tertiary/aromatic N) is 2. The van der Waals surface area contributed by atoms with E-state index in [-0.39, 0.29) is 0 Å². The van der Waals surface area contributed by atoms with Crippen molar-refractivity contribution in [3.8, 4) is 16.3 Å². The molecule has 3 rings (SSSR count). The van der Waals surface area contributed by atoms with Crippen LogP contribution < -0.4 is 0 Å². The molecule has 0 saturated carbocycles. The average molecular weight is 384 g/mol. The molecule has 6 nitrogen and oxygen atoms in total. The summed E-state index contributed by atoms with van der Waals surface area (Å²) in [5, 5.41) is 6.45. The third-order valence-corrected chi connectivity index (χ3v) is 4.33. The van der Waals surface area contributed by atoms with Crippen molar-refractivity contribution in [2.75, 3.05) is 6.61 Å². The predicted molar refractivity (Wildman–Crippen MR) is 103 cm³/mol. The van der Waals surface area contributed by atoms with E-state index in [2.05, 4.69) is 5.10 Å². The summed E-state index contributed by atoms with van der Waals surface area (Å²) in [6.07, 6.45) is 1.61. The number of rotatable bonds is 5. The summed E-state index contributed by atoms with van der Waals surface area (Å²) in [5.74, 6) is -1.21. The molecule has 0 aliphatic carbocycles. The van der Waals surface area contributed by atoms with Crippen LogP contribution in [0.5, 0.6) is 0 Å². The minimum absolute atomic E-state index is 0.296. The summed E-state index contributed by atoms with van der Waals surface area (Å²) < 4.78 is 12.0. The quantitative estimate of drug-likeness (QED) is 0.620. The summed E-state index contributed by atoms with van der Waals surface area (Å²) in [7, 11) is 0. The number of ether oxygens (including phenoxy) is 2. The smallest absolute Gasteiger partial charge is 0.344 e. The normalized spacial score (nSPS) is 11.2. The van der Waals surface area contributed by atoms with Gasteiger partial charge in [-0.15, -0.1) is 11.3 Å². The van der Waals surface area contributed by atoms with Gasteiger partial charge in [-0.3, -0.25) is 0 Å². The van der Waals surface area contributed by atoms with Gasteiger partial charge in [-0.25, -0.2) is 14.3 Å². The van der Waals surface area contributed by atoms with Crippen molar-refractivity contribution in [1.82, 2.24) is 9.78 Å². The van der Waals surface area contributed by atoms with Crippen LogP contribution in [0.2, 0.25) is 0 Å². The molecule has 27 heavy (non-hydrogen) atoms. The highest BCUT2D eigenvalue weighted by atomic mass is 32.1.